The highest BCUT2D eigenvalue weighted by molar-refractivity contribution is 6.04. The van der Waals surface area contributed by atoms with Crippen LogP contribution in [0.2, 0.25) is 0 Å². The predicted molar refractivity (Wildman–Crippen MR) is 99.6 cm³/mol. The molecule has 3 rings (SSSR count). The van der Waals surface area contributed by atoms with Gasteiger partial charge in [-0.3, -0.25) is 4.79 Å². The van der Waals surface area contributed by atoms with Gasteiger partial charge < -0.3 is 10.6 Å². The first kappa shape index (κ1) is 17.5. The van der Waals surface area contributed by atoms with Crippen molar-refractivity contribution >= 4 is 17.5 Å². The van der Waals surface area contributed by atoms with Crippen molar-refractivity contribution in [1.29, 1.82) is 0 Å². The molecule has 0 aliphatic rings. The summed E-state index contributed by atoms with van der Waals surface area (Å²) in [5, 5.41) is 5.79. The normalized spacial score (nSPS) is 10.4. The zero-order valence-corrected chi connectivity index (χ0v) is 14.6. The van der Waals surface area contributed by atoms with Gasteiger partial charge >= 0.3 is 0 Å². The Balaban J connectivity index is 1.68. The van der Waals surface area contributed by atoms with Gasteiger partial charge in [0.2, 0.25) is 5.95 Å². The molecule has 3 aromatic rings. The van der Waals surface area contributed by atoms with Crippen LogP contribution >= 0.6 is 0 Å². The number of carbonyl (C=O) groups excluding carboxylic acids is 1. The number of hydrogen-bond acceptors (Lipinski definition) is 4. The van der Waals surface area contributed by atoms with Gasteiger partial charge in [0, 0.05) is 18.4 Å². The first-order valence-electron chi connectivity index (χ1n) is 8.22. The number of amides is 1. The lowest BCUT2D eigenvalue weighted by Gasteiger charge is -2.10. The van der Waals surface area contributed by atoms with Gasteiger partial charge in [0.05, 0.1) is 11.3 Å². The van der Waals surface area contributed by atoms with E-state index in [4.69, 9.17) is 0 Å². The van der Waals surface area contributed by atoms with Crippen molar-refractivity contribution in [2.24, 2.45) is 0 Å². The van der Waals surface area contributed by atoms with Crippen LogP contribution in [0.3, 0.4) is 0 Å². The second-order valence-electron chi connectivity index (χ2n) is 5.95. The third-order valence-electron chi connectivity index (χ3n) is 3.95. The minimum absolute atomic E-state index is 0.344. The molecule has 0 aliphatic heterocycles. The molecule has 0 bridgehead atoms. The third-order valence-corrected chi connectivity index (χ3v) is 3.95. The van der Waals surface area contributed by atoms with Crippen LogP contribution < -0.4 is 10.6 Å². The largest absolute Gasteiger partial charge is 0.350 e. The van der Waals surface area contributed by atoms with Gasteiger partial charge in [0.25, 0.3) is 5.91 Å². The lowest BCUT2D eigenvalue weighted by Crippen LogP contribution is -2.16. The van der Waals surface area contributed by atoms with Crippen molar-refractivity contribution < 1.29 is 9.18 Å². The molecule has 26 heavy (non-hydrogen) atoms. The summed E-state index contributed by atoms with van der Waals surface area (Å²) in [5.74, 6) is -0.291. The molecule has 2 N–H and O–H groups in total. The average Bonchev–Trinajstić information content (AvgIpc) is 2.64. The van der Waals surface area contributed by atoms with Crippen LogP contribution in [0.15, 0.2) is 54.7 Å². The highest BCUT2D eigenvalue weighted by atomic mass is 19.1. The van der Waals surface area contributed by atoms with Crippen LogP contribution in [0.5, 0.6) is 0 Å². The molecule has 1 amide bonds. The van der Waals surface area contributed by atoms with E-state index in [1.54, 1.807) is 26.0 Å². The Labute approximate surface area is 151 Å². The Morgan fingerprint density at radius 1 is 1.12 bits per heavy atom. The summed E-state index contributed by atoms with van der Waals surface area (Å²) in [4.78, 5) is 20.9. The summed E-state index contributed by atoms with van der Waals surface area (Å²) >= 11 is 0. The number of nitrogens with one attached hydrogen (secondary N) is 2. The van der Waals surface area contributed by atoms with Crippen LogP contribution in [-0.4, -0.2) is 15.9 Å². The zero-order valence-electron chi connectivity index (χ0n) is 14.6. The summed E-state index contributed by atoms with van der Waals surface area (Å²) in [6, 6.07) is 14.4. The Morgan fingerprint density at radius 3 is 2.58 bits per heavy atom. The lowest BCUT2D eigenvalue weighted by atomic mass is 10.2. The number of halogens is 1. The summed E-state index contributed by atoms with van der Waals surface area (Å²) in [6.45, 7) is 3.99. The van der Waals surface area contributed by atoms with E-state index in [0.717, 1.165) is 5.56 Å². The Morgan fingerprint density at radius 2 is 1.88 bits per heavy atom. The summed E-state index contributed by atoms with van der Waals surface area (Å²) in [7, 11) is 0. The predicted octanol–water partition coefficient (Wildman–Crippen LogP) is 4.10. The molecule has 0 fully saturated rings. The third kappa shape index (κ3) is 4.22. The first-order chi connectivity index (χ1) is 12.5. The first-order valence-corrected chi connectivity index (χ1v) is 8.22. The van der Waals surface area contributed by atoms with Crippen molar-refractivity contribution in [3.8, 4) is 0 Å². The van der Waals surface area contributed by atoms with Crippen molar-refractivity contribution in [2.45, 2.75) is 20.4 Å². The maximum atomic E-state index is 13.6. The number of aryl methyl sites for hydroxylation is 2. The number of nitrogens with zero attached hydrogens (tertiary/aromatic N) is 2. The number of hydrogen-bond donors (Lipinski definition) is 2. The maximum absolute atomic E-state index is 13.6. The molecule has 0 radical (unpaired) electrons. The van der Waals surface area contributed by atoms with E-state index in [9.17, 15) is 9.18 Å². The van der Waals surface area contributed by atoms with Crippen LogP contribution in [0, 0.1) is 19.7 Å². The van der Waals surface area contributed by atoms with E-state index < -0.39 is 0 Å². The second kappa shape index (κ2) is 7.74. The van der Waals surface area contributed by atoms with E-state index in [2.05, 4.69) is 20.6 Å². The van der Waals surface area contributed by atoms with Crippen LogP contribution in [-0.2, 0) is 6.54 Å². The fraction of sp³-hybridized carbons (Fsp3) is 0.150. The molecule has 0 atom stereocenters. The molecule has 0 unspecified atom stereocenters. The fourth-order valence-electron chi connectivity index (χ4n) is 2.42. The Hall–Kier alpha value is -3.28. The highest BCUT2D eigenvalue weighted by Gasteiger charge is 2.13. The zero-order chi connectivity index (χ0) is 18.5. The summed E-state index contributed by atoms with van der Waals surface area (Å²) in [5.41, 5.74) is 2.91. The van der Waals surface area contributed by atoms with E-state index >= 15 is 0 Å². The van der Waals surface area contributed by atoms with Crippen molar-refractivity contribution in [3.63, 3.8) is 0 Å². The van der Waals surface area contributed by atoms with E-state index in [1.807, 2.05) is 30.3 Å². The van der Waals surface area contributed by atoms with Gasteiger partial charge in [0.1, 0.15) is 5.82 Å². The summed E-state index contributed by atoms with van der Waals surface area (Å²) < 4.78 is 13.6. The molecule has 5 nitrogen and oxygen atoms in total. The van der Waals surface area contributed by atoms with E-state index in [-0.39, 0.29) is 11.7 Å². The van der Waals surface area contributed by atoms with Gasteiger partial charge in [-0.05, 0) is 37.1 Å². The monoisotopic (exact) mass is 350 g/mol. The highest BCUT2D eigenvalue weighted by Crippen LogP contribution is 2.16. The Kier molecular flexibility index (Phi) is 5.22. The topological polar surface area (TPSA) is 66.9 Å². The molecule has 1 aromatic heterocycles. The standard InChI is InChI=1S/C20H19FN4O/c1-13-8-9-16(10-18(13)21)25-19(26)17-12-23-20(24-14(17)2)22-11-15-6-4-3-5-7-15/h3-10,12H,11H2,1-2H3,(H,25,26)(H,22,23,24). The summed E-state index contributed by atoms with van der Waals surface area (Å²) in [6.07, 6.45) is 1.47. The molecular formula is C20H19FN4O. The van der Waals surface area contributed by atoms with Gasteiger partial charge in [-0.25, -0.2) is 14.4 Å². The van der Waals surface area contributed by atoms with E-state index in [1.165, 1.54) is 12.3 Å². The minimum Gasteiger partial charge on any atom is -0.350 e. The van der Waals surface area contributed by atoms with Crippen LogP contribution in [0.25, 0.3) is 0 Å². The van der Waals surface area contributed by atoms with Gasteiger partial charge in [-0.15, -0.1) is 0 Å². The molecule has 1 heterocycles. The molecule has 0 saturated heterocycles. The molecular weight excluding hydrogens is 331 g/mol. The fourth-order valence-corrected chi connectivity index (χ4v) is 2.42. The molecule has 2 aromatic carbocycles. The SMILES string of the molecule is Cc1ccc(NC(=O)c2cnc(NCc3ccccc3)nc2C)cc1F. The number of rotatable bonds is 5. The average molecular weight is 350 g/mol. The van der Waals surface area contributed by atoms with Crippen LogP contribution in [0.4, 0.5) is 16.0 Å². The van der Waals surface area contributed by atoms with E-state index in [0.29, 0.717) is 35.0 Å². The molecule has 132 valence electrons. The van der Waals surface area contributed by atoms with Gasteiger partial charge in [-0.1, -0.05) is 36.4 Å². The molecule has 6 heteroatoms. The van der Waals surface area contributed by atoms with Crippen molar-refractivity contribution in [1.82, 2.24) is 9.97 Å². The van der Waals surface area contributed by atoms with Crippen molar-refractivity contribution in [2.75, 3.05) is 10.6 Å². The molecule has 0 saturated carbocycles. The number of anilines is 2. The van der Waals surface area contributed by atoms with Crippen LogP contribution in [0.1, 0.15) is 27.2 Å². The Bertz CT molecular complexity index is 928. The number of benzene rings is 2. The molecule has 0 spiro atoms. The second-order valence-corrected chi connectivity index (χ2v) is 5.95. The minimum atomic E-state index is -0.375. The van der Waals surface area contributed by atoms with Crippen molar-refractivity contribution in [3.05, 3.63) is 82.9 Å². The maximum Gasteiger partial charge on any atom is 0.259 e. The van der Waals surface area contributed by atoms with Gasteiger partial charge in [0.15, 0.2) is 0 Å². The lowest BCUT2D eigenvalue weighted by molar-refractivity contribution is 0.102. The van der Waals surface area contributed by atoms with Gasteiger partial charge in [-0.2, -0.15) is 0 Å². The molecule has 0 aliphatic carbocycles. The quantitative estimate of drug-likeness (QED) is 0.727. The number of carbonyl (C=O) groups is 1. The smallest absolute Gasteiger partial charge is 0.259 e. The number of aromatic nitrogens is 2.